The molecule has 4 aromatic rings. The van der Waals surface area contributed by atoms with Gasteiger partial charge < -0.3 is 5.11 Å². The van der Waals surface area contributed by atoms with Crippen molar-refractivity contribution in [2.24, 2.45) is 19.1 Å². The van der Waals surface area contributed by atoms with Crippen LogP contribution in [0.3, 0.4) is 0 Å². The van der Waals surface area contributed by atoms with Crippen LogP contribution in [0.1, 0.15) is 5.56 Å². The van der Waals surface area contributed by atoms with Crippen LogP contribution in [-0.2, 0) is 14.1 Å². The second-order valence-electron chi connectivity index (χ2n) is 6.74. The van der Waals surface area contributed by atoms with Crippen molar-refractivity contribution in [1.82, 2.24) is 24.3 Å². The summed E-state index contributed by atoms with van der Waals surface area (Å²) < 4.78 is 1.84. The van der Waals surface area contributed by atoms with E-state index in [0.29, 0.717) is 11.4 Å². The Kier molecular flexibility index (Phi) is 5.23. The molecule has 0 fully saturated rings. The summed E-state index contributed by atoms with van der Waals surface area (Å²) in [4.78, 5) is 32.9. The quantitative estimate of drug-likeness (QED) is 0.511. The van der Waals surface area contributed by atoms with Gasteiger partial charge in [-0.15, -0.1) is 10.2 Å². The Morgan fingerprint density at radius 3 is 2.03 bits per heavy atom. The standard InChI is InChI=1S/C22H18N6O3/c1-27-19(29)16(20(30)28(2)22(27)31)13-23-21-24-17(14-9-5-3-6-10-14)18(25-26-21)15-11-7-4-8-12-15/h3-13,29H,1-2H3/b23-13+. The van der Waals surface area contributed by atoms with Gasteiger partial charge in [-0.2, -0.15) is 0 Å². The lowest BCUT2D eigenvalue weighted by molar-refractivity contribution is 0.410. The molecule has 0 amide bonds. The Bertz CT molecular complexity index is 1390. The first-order valence-electron chi connectivity index (χ1n) is 9.36. The molecule has 31 heavy (non-hydrogen) atoms. The van der Waals surface area contributed by atoms with E-state index in [2.05, 4.69) is 20.2 Å². The minimum atomic E-state index is -0.679. The number of nitrogens with zero attached hydrogens (tertiary/aromatic N) is 6. The molecular weight excluding hydrogens is 396 g/mol. The molecule has 0 spiro atoms. The molecule has 154 valence electrons. The smallest absolute Gasteiger partial charge is 0.333 e. The van der Waals surface area contributed by atoms with Gasteiger partial charge in [0.25, 0.3) is 11.5 Å². The number of aliphatic imine (C=N–C) groups is 1. The predicted octanol–water partition coefficient (Wildman–Crippen LogP) is 2.06. The second kappa shape index (κ2) is 8.15. The lowest BCUT2D eigenvalue weighted by Crippen LogP contribution is -2.38. The van der Waals surface area contributed by atoms with Crippen molar-refractivity contribution in [3.63, 3.8) is 0 Å². The zero-order valence-electron chi connectivity index (χ0n) is 16.8. The van der Waals surface area contributed by atoms with E-state index in [1.165, 1.54) is 14.1 Å². The Morgan fingerprint density at radius 2 is 1.42 bits per heavy atom. The predicted molar refractivity (Wildman–Crippen MR) is 117 cm³/mol. The van der Waals surface area contributed by atoms with Crippen LogP contribution in [0.2, 0.25) is 0 Å². The number of benzene rings is 2. The van der Waals surface area contributed by atoms with Crippen molar-refractivity contribution < 1.29 is 5.11 Å². The molecular formula is C22H18N6O3. The SMILES string of the molecule is Cn1c(O)c(/C=N/c2nnc(-c3ccccc3)c(-c3ccccc3)n2)c(=O)n(C)c1=O. The second-order valence-corrected chi connectivity index (χ2v) is 6.74. The molecule has 2 aromatic heterocycles. The molecule has 0 aliphatic carbocycles. The fourth-order valence-electron chi connectivity index (χ4n) is 3.05. The highest BCUT2D eigenvalue weighted by Crippen LogP contribution is 2.29. The lowest BCUT2D eigenvalue weighted by atomic mass is 10.0. The third kappa shape index (κ3) is 3.76. The van der Waals surface area contributed by atoms with Crippen LogP contribution in [0.25, 0.3) is 22.5 Å². The highest BCUT2D eigenvalue weighted by atomic mass is 16.3. The molecule has 1 N–H and O–H groups in total. The summed E-state index contributed by atoms with van der Waals surface area (Å²) >= 11 is 0. The van der Waals surface area contributed by atoms with E-state index in [9.17, 15) is 14.7 Å². The van der Waals surface area contributed by atoms with E-state index in [0.717, 1.165) is 26.5 Å². The maximum Gasteiger partial charge on any atom is 0.333 e. The van der Waals surface area contributed by atoms with Crippen LogP contribution < -0.4 is 11.2 Å². The molecule has 0 saturated heterocycles. The van der Waals surface area contributed by atoms with Gasteiger partial charge in [-0.3, -0.25) is 13.9 Å². The van der Waals surface area contributed by atoms with Crippen LogP contribution in [-0.4, -0.2) is 35.6 Å². The first-order valence-corrected chi connectivity index (χ1v) is 9.36. The van der Waals surface area contributed by atoms with E-state index in [1.807, 2.05) is 60.7 Å². The summed E-state index contributed by atoms with van der Waals surface area (Å²) in [6.07, 6.45) is 1.13. The summed E-state index contributed by atoms with van der Waals surface area (Å²) in [6, 6.07) is 19.0. The molecule has 0 aliphatic heterocycles. The summed E-state index contributed by atoms with van der Waals surface area (Å²) in [5.41, 5.74) is 1.37. The molecule has 2 aromatic carbocycles. The molecule has 0 bridgehead atoms. The Balaban J connectivity index is 1.83. The van der Waals surface area contributed by atoms with Gasteiger partial charge in [0.1, 0.15) is 17.0 Å². The molecule has 4 rings (SSSR count). The number of hydrogen-bond acceptors (Lipinski definition) is 7. The van der Waals surface area contributed by atoms with Gasteiger partial charge in [-0.1, -0.05) is 60.7 Å². The molecule has 0 radical (unpaired) electrons. The van der Waals surface area contributed by atoms with Crippen molar-refractivity contribution >= 4 is 12.2 Å². The third-order valence-electron chi connectivity index (χ3n) is 4.75. The summed E-state index contributed by atoms with van der Waals surface area (Å²) in [7, 11) is 2.68. The normalized spacial score (nSPS) is 11.2. The van der Waals surface area contributed by atoms with Crippen LogP contribution in [0.15, 0.2) is 75.2 Å². The molecule has 0 unspecified atom stereocenters. The molecule has 2 heterocycles. The summed E-state index contributed by atoms with van der Waals surface area (Å²) in [6.45, 7) is 0. The van der Waals surface area contributed by atoms with Gasteiger partial charge in [0, 0.05) is 31.4 Å². The van der Waals surface area contributed by atoms with E-state index in [1.54, 1.807) is 0 Å². The van der Waals surface area contributed by atoms with Gasteiger partial charge in [0.15, 0.2) is 0 Å². The first-order chi connectivity index (χ1) is 15.0. The highest BCUT2D eigenvalue weighted by molar-refractivity contribution is 5.84. The molecule has 0 atom stereocenters. The number of hydrogen-bond donors (Lipinski definition) is 1. The number of aromatic hydroxyl groups is 1. The third-order valence-corrected chi connectivity index (χ3v) is 4.75. The fraction of sp³-hybridized carbons (Fsp3) is 0.0909. The Hall–Kier alpha value is -4.40. The van der Waals surface area contributed by atoms with Crippen molar-refractivity contribution in [3.05, 3.63) is 87.1 Å². The van der Waals surface area contributed by atoms with Crippen molar-refractivity contribution in [2.45, 2.75) is 0 Å². The fourth-order valence-corrected chi connectivity index (χ4v) is 3.05. The minimum Gasteiger partial charge on any atom is -0.494 e. The largest absolute Gasteiger partial charge is 0.494 e. The molecule has 0 aliphatic rings. The van der Waals surface area contributed by atoms with Gasteiger partial charge in [-0.25, -0.2) is 14.8 Å². The molecule has 9 heteroatoms. The first kappa shape index (κ1) is 19.9. The van der Waals surface area contributed by atoms with Crippen LogP contribution in [0.4, 0.5) is 5.95 Å². The van der Waals surface area contributed by atoms with Crippen LogP contribution >= 0.6 is 0 Å². The maximum atomic E-state index is 12.4. The highest BCUT2D eigenvalue weighted by Gasteiger charge is 2.15. The van der Waals surface area contributed by atoms with Gasteiger partial charge in [-0.05, 0) is 0 Å². The van der Waals surface area contributed by atoms with Crippen molar-refractivity contribution in [1.29, 1.82) is 0 Å². The zero-order chi connectivity index (χ0) is 22.0. The Morgan fingerprint density at radius 1 is 0.839 bits per heavy atom. The summed E-state index contributed by atoms with van der Waals surface area (Å²) in [5.74, 6) is -0.483. The van der Waals surface area contributed by atoms with Crippen molar-refractivity contribution in [3.8, 4) is 28.4 Å². The monoisotopic (exact) mass is 414 g/mol. The minimum absolute atomic E-state index is 0.00819. The van der Waals surface area contributed by atoms with Gasteiger partial charge in [0.2, 0.25) is 5.88 Å². The number of rotatable bonds is 4. The topological polar surface area (TPSA) is 115 Å². The molecule has 9 nitrogen and oxygen atoms in total. The number of aromatic nitrogens is 5. The average Bonchev–Trinajstić information content (AvgIpc) is 2.82. The van der Waals surface area contributed by atoms with Gasteiger partial charge >= 0.3 is 5.69 Å². The lowest BCUT2D eigenvalue weighted by Gasteiger charge is -2.08. The van der Waals surface area contributed by atoms with Gasteiger partial charge in [0.05, 0.1) is 0 Å². The Labute approximate surface area is 176 Å². The van der Waals surface area contributed by atoms with E-state index < -0.39 is 17.1 Å². The van der Waals surface area contributed by atoms with Crippen LogP contribution in [0.5, 0.6) is 5.88 Å². The molecule has 0 saturated carbocycles. The van der Waals surface area contributed by atoms with Crippen LogP contribution in [0, 0.1) is 0 Å². The van der Waals surface area contributed by atoms with Crippen molar-refractivity contribution in [2.75, 3.05) is 0 Å². The van der Waals surface area contributed by atoms with E-state index in [-0.39, 0.29) is 11.5 Å². The van der Waals surface area contributed by atoms with E-state index >= 15 is 0 Å². The average molecular weight is 414 g/mol. The maximum absolute atomic E-state index is 12.4. The summed E-state index contributed by atoms with van der Waals surface area (Å²) in [5, 5.41) is 18.6. The van der Waals surface area contributed by atoms with E-state index in [4.69, 9.17) is 0 Å². The zero-order valence-corrected chi connectivity index (χ0v) is 16.8.